The van der Waals surface area contributed by atoms with E-state index in [1.54, 1.807) is 6.07 Å². The van der Waals surface area contributed by atoms with Gasteiger partial charge in [0.05, 0.1) is 5.60 Å². The summed E-state index contributed by atoms with van der Waals surface area (Å²) in [6, 6.07) is 6.90. The highest BCUT2D eigenvalue weighted by molar-refractivity contribution is 7.99. The van der Waals surface area contributed by atoms with E-state index in [4.69, 9.17) is 10.5 Å². The fraction of sp³-hybridized carbons (Fsp3) is 0.625. The van der Waals surface area contributed by atoms with Gasteiger partial charge < -0.3 is 10.5 Å². The van der Waals surface area contributed by atoms with E-state index in [-0.39, 0.29) is 17.3 Å². The second-order valence-electron chi connectivity index (χ2n) is 6.29. The van der Waals surface area contributed by atoms with Crippen LogP contribution in [0.4, 0.5) is 4.39 Å². The van der Waals surface area contributed by atoms with Gasteiger partial charge in [-0.05, 0) is 43.9 Å². The van der Waals surface area contributed by atoms with Crippen molar-refractivity contribution in [2.45, 2.75) is 37.3 Å². The minimum atomic E-state index is -0.630. The normalized spacial score (nSPS) is 33.2. The molecule has 110 valence electrons. The summed E-state index contributed by atoms with van der Waals surface area (Å²) >= 11 is 1.95. The minimum absolute atomic E-state index is 0.0144. The number of ether oxygens (including phenoxy) is 1. The van der Waals surface area contributed by atoms with Crippen molar-refractivity contribution in [3.63, 3.8) is 0 Å². The van der Waals surface area contributed by atoms with Gasteiger partial charge >= 0.3 is 0 Å². The molecule has 0 amide bonds. The van der Waals surface area contributed by atoms with Crippen LogP contribution in [-0.4, -0.2) is 23.7 Å². The van der Waals surface area contributed by atoms with Crippen LogP contribution in [0.1, 0.15) is 31.7 Å². The summed E-state index contributed by atoms with van der Waals surface area (Å²) in [6.45, 7) is 2.71. The molecule has 3 atom stereocenters. The predicted molar refractivity (Wildman–Crippen MR) is 81.3 cm³/mol. The van der Waals surface area contributed by atoms with Crippen LogP contribution in [0, 0.1) is 11.7 Å². The first-order valence-corrected chi connectivity index (χ1v) is 8.45. The first-order valence-electron chi connectivity index (χ1n) is 7.29. The molecular weight excluding hydrogens is 273 g/mol. The van der Waals surface area contributed by atoms with E-state index in [9.17, 15) is 4.39 Å². The zero-order chi connectivity index (χ0) is 14.2. The lowest BCUT2D eigenvalue weighted by Crippen LogP contribution is -2.50. The van der Waals surface area contributed by atoms with Crippen LogP contribution < -0.4 is 5.73 Å². The Morgan fingerprint density at radius 3 is 2.95 bits per heavy atom. The van der Waals surface area contributed by atoms with Gasteiger partial charge in [0.25, 0.3) is 0 Å². The molecule has 2 saturated heterocycles. The van der Waals surface area contributed by atoms with Crippen LogP contribution in [-0.2, 0) is 10.3 Å². The summed E-state index contributed by atoms with van der Waals surface area (Å²) in [7, 11) is 0. The molecule has 2 heterocycles. The number of benzene rings is 1. The molecule has 3 unspecified atom stereocenters. The monoisotopic (exact) mass is 295 g/mol. The Labute approximate surface area is 124 Å². The molecule has 1 spiro atoms. The number of hydrogen-bond donors (Lipinski definition) is 1. The maximum atomic E-state index is 14.1. The van der Waals surface area contributed by atoms with Crippen LogP contribution in [0.3, 0.4) is 0 Å². The smallest absolute Gasteiger partial charge is 0.128 e. The third-order valence-electron chi connectivity index (χ3n) is 4.86. The first kappa shape index (κ1) is 14.4. The van der Waals surface area contributed by atoms with Crippen molar-refractivity contribution in [3.05, 3.63) is 35.6 Å². The van der Waals surface area contributed by atoms with Crippen molar-refractivity contribution in [2.75, 3.05) is 18.1 Å². The van der Waals surface area contributed by atoms with Gasteiger partial charge in [0.15, 0.2) is 0 Å². The zero-order valence-corrected chi connectivity index (χ0v) is 12.7. The van der Waals surface area contributed by atoms with Crippen molar-refractivity contribution in [3.8, 4) is 0 Å². The molecule has 2 aliphatic heterocycles. The Bertz CT molecular complexity index is 485. The zero-order valence-electron chi connectivity index (χ0n) is 11.9. The largest absolute Gasteiger partial charge is 0.374 e. The molecule has 0 saturated carbocycles. The van der Waals surface area contributed by atoms with Crippen LogP contribution in [0.25, 0.3) is 0 Å². The SMILES string of the molecule is CC(N)(c1ccccc1F)C1CCOC2(CCSC2)C1. The fourth-order valence-corrected chi connectivity index (χ4v) is 4.90. The molecule has 1 aromatic rings. The van der Waals surface area contributed by atoms with E-state index in [1.807, 2.05) is 30.8 Å². The van der Waals surface area contributed by atoms with Crippen LogP contribution >= 0.6 is 11.8 Å². The molecular formula is C16H22FNOS. The van der Waals surface area contributed by atoms with Gasteiger partial charge in [0.1, 0.15) is 5.82 Å². The summed E-state index contributed by atoms with van der Waals surface area (Å²) in [5.41, 5.74) is 6.55. The van der Waals surface area contributed by atoms with E-state index in [0.717, 1.165) is 37.4 Å². The standard InChI is InChI=1S/C16H22FNOS/c1-15(18,13-4-2-3-5-14(13)17)12-6-8-19-16(10-12)7-9-20-11-16/h2-5,12H,6-11,18H2,1H3. The maximum absolute atomic E-state index is 14.1. The third-order valence-corrected chi connectivity index (χ3v) is 6.09. The van der Waals surface area contributed by atoms with E-state index >= 15 is 0 Å². The third kappa shape index (κ3) is 2.49. The molecule has 2 fully saturated rings. The second-order valence-corrected chi connectivity index (χ2v) is 7.39. The van der Waals surface area contributed by atoms with Gasteiger partial charge in [-0.15, -0.1) is 0 Å². The number of thioether (sulfide) groups is 1. The molecule has 0 radical (unpaired) electrons. The molecule has 0 aromatic heterocycles. The highest BCUT2D eigenvalue weighted by Gasteiger charge is 2.46. The van der Waals surface area contributed by atoms with Crippen LogP contribution in [0.2, 0.25) is 0 Å². The van der Waals surface area contributed by atoms with E-state index in [0.29, 0.717) is 5.56 Å². The Morgan fingerprint density at radius 2 is 2.25 bits per heavy atom. The Hall–Kier alpha value is -0.580. The maximum Gasteiger partial charge on any atom is 0.128 e. The molecule has 0 bridgehead atoms. The van der Waals surface area contributed by atoms with Gasteiger partial charge in [-0.2, -0.15) is 11.8 Å². The van der Waals surface area contributed by atoms with Gasteiger partial charge in [0.2, 0.25) is 0 Å². The summed E-state index contributed by atoms with van der Waals surface area (Å²) in [5.74, 6) is 2.29. The topological polar surface area (TPSA) is 35.2 Å². The molecule has 2 nitrogen and oxygen atoms in total. The average molecular weight is 295 g/mol. The van der Waals surface area contributed by atoms with E-state index < -0.39 is 5.54 Å². The van der Waals surface area contributed by atoms with Gasteiger partial charge in [-0.25, -0.2) is 4.39 Å². The number of hydrogen-bond acceptors (Lipinski definition) is 3. The lowest BCUT2D eigenvalue weighted by atomic mass is 9.71. The highest BCUT2D eigenvalue weighted by atomic mass is 32.2. The van der Waals surface area contributed by atoms with Gasteiger partial charge in [0, 0.05) is 23.5 Å². The molecule has 3 rings (SSSR count). The number of halogens is 1. The summed E-state index contributed by atoms with van der Waals surface area (Å²) < 4.78 is 20.1. The van der Waals surface area contributed by atoms with E-state index in [2.05, 4.69) is 0 Å². The van der Waals surface area contributed by atoms with Crippen LogP contribution in [0.15, 0.2) is 24.3 Å². The molecule has 2 N–H and O–H groups in total. The Morgan fingerprint density at radius 1 is 1.45 bits per heavy atom. The molecule has 2 aliphatic rings. The highest BCUT2D eigenvalue weighted by Crippen LogP contribution is 2.45. The predicted octanol–water partition coefficient (Wildman–Crippen LogP) is 3.30. The first-order chi connectivity index (χ1) is 9.54. The molecule has 4 heteroatoms. The van der Waals surface area contributed by atoms with Gasteiger partial charge in [-0.3, -0.25) is 0 Å². The molecule has 20 heavy (non-hydrogen) atoms. The quantitative estimate of drug-likeness (QED) is 0.909. The number of rotatable bonds is 2. The second kappa shape index (κ2) is 5.32. The molecule has 0 aliphatic carbocycles. The Balaban J connectivity index is 1.85. The van der Waals surface area contributed by atoms with Crippen molar-refractivity contribution >= 4 is 11.8 Å². The van der Waals surface area contributed by atoms with E-state index in [1.165, 1.54) is 6.07 Å². The Kier molecular flexibility index (Phi) is 3.82. The number of nitrogens with two attached hydrogens (primary N) is 1. The van der Waals surface area contributed by atoms with Crippen LogP contribution in [0.5, 0.6) is 0 Å². The van der Waals surface area contributed by atoms with Crippen molar-refractivity contribution in [1.29, 1.82) is 0 Å². The lowest BCUT2D eigenvalue weighted by molar-refractivity contribution is -0.0919. The lowest BCUT2D eigenvalue weighted by Gasteiger charge is -2.44. The van der Waals surface area contributed by atoms with Gasteiger partial charge in [-0.1, -0.05) is 18.2 Å². The fourth-order valence-electron chi connectivity index (χ4n) is 3.52. The minimum Gasteiger partial charge on any atom is -0.374 e. The molecule has 1 aromatic carbocycles. The van der Waals surface area contributed by atoms with Crippen molar-refractivity contribution < 1.29 is 9.13 Å². The summed E-state index contributed by atoms with van der Waals surface area (Å²) in [6.07, 6.45) is 2.95. The van der Waals surface area contributed by atoms with Crippen molar-refractivity contribution in [2.24, 2.45) is 11.7 Å². The summed E-state index contributed by atoms with van der Waals surface area (Å²) in [5, 5.41) is 0. The van der Waals surface area contributed by atoms with Crippen molar-refractivity contribution in [1.82, 2.24) is 0 Å². The summed E-state index contributed by atoms with van der Waals surface area (Å²) in [4.78, 5) is 0. The average Bonchev–Trinajstić information content (AvgIpc) is 2.87.